The first-order valence-corrected chi connectivity index (χ1v) is 10.5. The maximum atomic E-state index is 12.8. The molecule has 0 bridgehead atoms. The summed E-state index contributed by atoms with van der Waals surface area (Å²) in [5.74, 6) is 2.90. The lowest BCUT2D eigenvalue weighted by Crippen LogP contribution is -2.39. The smallest absolute Gasteiger partial charge is 0.226 e. The highest BCUT2D eigenvalue weighted by molar-refractivity contribution is 5.79. The number of aromatic nitrogens is 3. The molecule has 1 aromatic heterocycles. The Labute approximate surface area is 167 Å². The molecule has 0 unspecified atom stereocenters. The number of fused-ring (bicyclic) bond motifs is 1. The summed E-state index contributed by atoms with van der Waals surface area (Å²) in [5, 5.41) is 8.99. The minimum absolute atomic E-state index is 0.239. The maximum absolute atomic E-state index is 12.8. The molecule has 1 amide bonds. The van der Waals surface area contributed by atoms with Gasteiger partial charge in [-0.15, -0.1) is 10.2 Å². The van der Waals surface area contributed by atoms with E-state index >= 15 is 0 Å². The Balaban J connectivity index is 1.36. The zero-order chi connectivity index (χ0) is 19.7. The molecular weight excluding hydrogens is 350 g/mol. The van der Waals surface area contributed by atoms with E-state index in [-0.39, 0.29) is 5.91 Å². The lowest BCUT2D eigenvalue weighted by molar-refractivity contribution is -0.131. The van der Waals surface area contributed by atoms with E-state index < -0.39 is 0 Å². The molecule has 1 saturated heterocycles. The minimum Gasteiger partial charge on any atom is -0.342 e. The molecule has 28 heavy (non-hydrogen) atoms. The van der Waals surface area contributed by atoms with Gasteiger partial charge in [0.2, 0.25) is 5.91 Å². The molecule has 0 spiro atoms. The van der Waals surface area contributed by atoms with E-state index in [1.54, 1.807) is 0 Å². The number of nitrogens with zero attached hydrogens (tertiary/aromatic N) is 5. The molecule has 4 rings (SSSR count). The van der Waals surface area contributed by atoms with Gasteiger partial charge in [-0.1, -0.05) is 18.2 Å². The number of benzene rings is 1. The fourth-order valence-corrected chi connectivity index (χ4v) is 4.34. The fourth-order valence-electron chi connectivity index (χ4n) is 4.34. The van der Waals surface area contributed by atoms with Crippen LogP contribution in [0.3, 0.4) is 0 Å². The molecular formula is C22H31N5O. The summed E-state index contributed by atoms with van der Waals surface area (Å²) in [7, 11) is 2.17. The highest BCUT2D eigenvalue weighted by Gasteiger charge is 2.28. The van der Waals surface area contributed by atoms with Gasteiger partial charge in [0, 0.05) is 45.1 Å². The minimum atomic E-state index is 0.239. The van der Waals surface area contributed by atoms with Gasteiger partial charge in [0.25, 0.3) is 0 Å². The van der Waals surface area contributed by atoms with Crippen LogP contribution in [0, 0.1) is 13.8 Å². The summed E-state index contributed by atoms with van der Waals surface area (Å²) in [6, 6.07) is 6.33. The Morgan fingerprint density at radius 2 is 1.82 bits per heavy atom. The van der Waals surface area contributed by atoms with Crippen molar-refractivity contribution < 1.29 is 4.79 Å². The highest BCUT2D eigenvalue weighted by atomic mass is 16.2. The van der Waals surface area contributed by atoms with Gasteiger partial charge in [0.15, 0.2) is 0 Å². The van der Waals surface area contributed by atoms with Crippen molar-refractivity contribution in [3.8, 4) is 0 Å². The highest BCUT2D eigenvalue weighted by Crippen LogP contribution is 2.28. The summed E-state index contributed by atoms with van der Waals surface area (Å²) in [6.07, 6.45) is 3.43. The number of carbonyl (C=O) groups excluding carboxylic acids is 1. The van der Waals surface area contributed by atoms with Crippen molar-refractivity contribution >= 4 is 5.91 Å². The van der Waals surface area contributed by atoms with E-state index in [0.29, 0.717) is 12.3 Å². The van der Waals surface area contributed by atoms with E-state index in [0.717, 1.165) is 69.2 Å². The summed E-state index contributed by atoms with van der Waals surface area (Å²) >= 11 is 0. The van der Waals surface area contributed by atoms with Crippen LogP contribution in [0.5, 0.6) is 0 Å². The Bertz CT molecular complexity index is 851. The fraction of sp³-hybridized carbons (Fsp3) is 0.591. The first kappa shape index (κ1) is 19.1. The van der Waals surface area contributed by atoms with Crippen LogP contribution < -0.4 is 0 Å². The molecule has 3 heterocycles. The second-order valence-electron chi connectivity index (χ2n) is 8.43. The standard InChI is InChI=1S/C22H31N5O/c1-16-4-5-18(14-17(16)2)15-21(28)26-10-6-19(7-11-26)22-24-23-20-8-9-25(3)12-13-27(20)22/h4-5,14,19H,6-13,15H2,1-3H3. The van der Waals surface area contributed by atoms with Crippen LogP contribution in [0.2, 0.25) is 0 Å². The Hall–Kier alpha value is -2.21. The summed E-state index contributed by atoms with van der Waals surface area (Å²) in [4.78, 5) is 17.1. The molecule has 2 aliphatic rings. The maximum Gasteiger partial charge on any atom is 0.226 e. The Kier molecular flexibility index (Phi) is 5.49. The quantitative estimate of drug-likeness (QED) is 0.819. The third kappa shape index (κ3) is 3.97. The molecule has 150 valence electrons. The average molecular weight is 382 g/mol. The Morgan fingerprint density at radius 3 is 2.57 bits per heavy atom. The third-order valence-electron chi connectivity index (χ3n) is 6.42. The van der Waals surface area contributed by atoms with Crippen LogP contribution in [0.1, 0.15) is 47.1 Å². The molecule has 1 aromatic carbocycles. The van der Waals surface area contributed by atoms with E-state index in [9.17, 15) is 4.79 Å². The summed E-state index contributed by atoms with van der Waals surface area (Å²) in [6.45, 7) is 8.91. The van der Waals surface area contributed by atoms with E-state index in [1.807, 2.05) is 4.90 Å². The zero-order valence-corrected chi connectivity index (χ0v) is 17.3. The molecule has 1 fully saturated rings. The Morgan fingerprint density at radius 1 is 1.04 bits per heavy atom. The van der Waals surface area contributed by atoms with Crippen LogP contribution in [-0.4, -0.2) is 63.7 Å². The predicted molar refractivity (Wildman–Crippen MR) is 109 cm³/mol. The largest absolute Gasteiger partial charge is 0.342 e. The first-order chi connectivity index (χ1) is 13.5. The van der Waals surface area contributed by atoms with Crippen LogP contribution >= 0.6 is 0 Å². The number of likely N-dealkylation sites (N-methyl/N-ethyl adjacent to an activating group) is 1. The molecule has 0 atom stereocenters. The average Bonchev–Trinajstić information content (AvgIpc) is 3.01. The van der Waals surface area contributed by atoms with Crippen LogP contribution in [0.15, 0.2) is 18.2 Å². The van der Waals surface area contributed by atoms with Crippen LogP contribution in [-0.2, 0) is 24.2 Å². The van der Waals surface area contributed by atoms with E-state index in [1.165, 1.54) is 11.1 Å². The number of hydrogen-bond donors (Lipinski definition) is 0. The van der Waals surface area contributed by atoms with Crippen LogP contribution in [0.25, 0.3) is 0 Å². The number of carbonyl (C=O) groups is 1. The lowest BCUT2D eigenvalue weighted by atomic mass is 9.95. The van der Waals surface area contributed by atoms with Gasteiger partial charge in [-0.05, 0) is 50.4 Å². The van der Waals surface area contributed by atoms with Gasteiger partial charge < -0.3 is 14.4 Å². The summed E-state index contributed by atoms with van der Waals surface area (Å²) < 4.78 is 2.33. The monoisotopic (exact) mass is 381 g/mol. The number of hydrogen-bond acceptors (Lipinski definition) is 4. The molecule has 6 heteroatoms. The van der Waals surface area contributed by atoms with Gasteiger partial charge in [0.1, 0.15) is 11.6 Å². The number of piperidine rings is 1. The van der Waals surface area contributed by atoms with Crippen molar-refractivity contribution in [2.24, 2.45) is 0 Å². The molecule has 2 aromatic rings. The molecule has 0 aliphatic carbocycles. The van der Waals surface area contributed by atoms with Crippen molar-refractivity contribution in [3.63, 3.8) is 0 Å². The second-order valence-corrected chi connectivity index (χ2v) is 8.43. The topological polar surface area (TPSA) is 54.3 Å². The third-order valence-corrected chi connectivity index (χ3v) is 6.42. The predicted octanol–water partition coefficient (Wildman–Crippen LogP) is 2.33. The zero-order valence-electron chi connectivity index (χ0n) is 17.3. The number of likely N-dealkylation sites (tertiary alicyclic amines) is 1. The molecule has 0 N–H and O–H groups in total. The van der Waals surface area contributed by atoms with Crippen molar-refractivity contribution in [2.75, 3.05) is 33.2 Å². The van der Waals surface area contributed by atoms with Crippen molar-refractivity contribution in [2.45, 2.75) is 52.0 Å². The van der Waals surface area contributed by atoms with Gasteiger partial charge in [0.05, 0.1) is 6.42 Å². The summed E-state index contributed by atoms with van der Waals surface area (Å²) in [5.41, 5.74) is 3.64. The van der Waals surface area contributed by atoms with Gasteiger partial charge in [-0.3, -0.25) is 4.79 Å². The molecule has 0 radical (unpaired) electrons. The van der Waals surface area contributed by atoms with Gasteiger partial charge >= 0.3 is 0 Å². The normalized spacial score (nSPS) is 18.8. The second kappa shape index (κ2) is 8.03. The lowest BCUT2D eigenvalue weighted by Gasteiger charge is -2.32. The van der Waals surface area contributed by atoms with Crippen molar-refractivity contribution in [1.82, 2.24) is 24.6 Å². The number of rotatable bonds is 3. The molecule has 6 nitrogen and oxygen atoms in total. The van der Waals surface area contributed by atoms with Gasteiger partial charge in [-0.25, -0.2) is 0 Å². The van der Waals surface area contributed by atoms with Crippen molar-refractivity contribution in [1.29, 1.82) is 0 Å². The molecule has 0 saturated carbocycles. The SMILES string of the molecule is Cc1ccc(CC(=O)N2CCC(c3nnc4n3CCN(C)CC4)CC2)cc1C. The number of amides is 1. The first-order valence-electron chi connectivity index (χ1n) is 10.5. The number of aryl methyl sites for hydroxylation is 2. The van der Waals surface area contributed by atoms with E-state index in [2.05, 4.69) is 58.8 Å². The van der Waals surface area contributed by atoms with Crippen molar-refractivity contribution in [3.05, 3.63) is 46.5 Å². The van der Waals surface area contributed by atoms with E-state index in [4.69, 9.17) is 0 Å². The van der Waals surface area contributed by atoms with Gasteiger partial charge in [-0.2, -0.15) is 0 Å². The molecule has 2 aliphatic heterocycles. The van der Waals surface area contributed by atoms with Crippen LogP contribution in [0.4, 0.5) is 0 Å².